The number of nitrogens with one attached hydrogen (secondary N) is 1. The molecule has 1 aliphatic heterocycles. The predicted molar refractivity (Wildman–Crippen MR) is 67.5 cm³/mol. The number of fused-ring (bicyclic) bond motifs is 1. The Labute approximate surface area is 99.5 Å². The lowest BCUT2D eigenvalue weighted by atomic mass is 10.3. The minimum Gasteiger partial charge on any atom is -0.321 e. The van der Waals surface area contributed by atoms with Gasteiger partial charge in [-0.1, -0.05) is 30.8 Å². The smallest absolute Gasteiger partial charge is 0.145 e. The Bertz CT molecular complexity index is 417. The molecule has 1 aromatic rings. The second-order valence-corrected chi connectivity index (χ2v) is 4.46. The van der Waals surface area contributed by atoms with Gasteiger partial charge in [0.25, 0.3) is 0 Å². The first-order valence-corrected chi connectivity index (χ1v) is 6.09. The van der Waals surface area contributed by atoms with Crippen molar-refractivity contribution in [1.82, 2.24) is 5.32 Å². The molecule has 0 amide bonds. The summed E-state index contributed by atoms with van der Waals surface area (Å²) in [6.45, 7) is 3.72. The molecule has 0 atom stereocenters. The number of hydrogen-bond donors (Lipinski definition) is 1. The quantitative estimate of drug-likeness (QED) is 0.639. The highest BCUT2D eigenvalue weighted by Gasteiger charge is 2.23. The molecule has 1 aromatic carbocycles. The van der Waals surface area contributed by atoms with E-state index in [4.69, 9.17) is 0 Å². The average molecular weight is 234 g/mol. The number of aldehydes is 1. The monoisotopic (exact) mass is 234 g/mol. The number of rotatable bonds is 4. The molecular weight excluding hydrogens is 220 g/mol. The maximum Gasteiger partial charge on any atom is 0.145 e. The van der Waals surface area contributed by atoms with E-state index in [9.17, 15) is 4.79 Å². The standard InChI is InChI=1S/C12H14N2OS/c1-2-13-9-14-10-5-3-4-6-11(10)16-12(14)7-8-15/h3-8,13H,2,9H2,1H3/b12-7-. The van der Waals surface area contributed by atoms with Gasteiger partial charge >= 0.3 is 0 Å². The first-order valence-electron chi connectivity index (χ1n) is 5.27. The number of benzene rings is 1. The summed E-state index contributed by atoms with van der Waals surface area (Å²) in [6, 6.07) is 8.18. The molecule has 0 bridgehead atoms. The molecule has 16 heavy (non-hydrogen) atoms. The van der Waals surface area contributed by atoms with Gasteiger partial charge in [-0.05, 0) is 18.7 Å². The first kappa shape index (κ1) is 11.2. The van der Waals surface area contributed by atoms with E-state index in [2.05, 4.69) is 29.3 Å². The summed E-state index contributed by atoms with van der Waals surface area (Å²) in [5.41, 5.74) is 1.17. The number of thioether (sulfide) groups is 1. The lowest BCUT2D eigenvalue weighted by Gasteiger charge is -2.20. The summed E-state index contributed by atoms with van der Waals surface area (Å²) in [5.74, 6) is 0. The van der Waals surface area contributed by atoms with Crippen LogP contribution in [0.25, 0.3) is 0 Å². The second-order valence-electron chi connectivity index (χ2n) is 3.40. The topological polar surface area (TPSA) is 32.3 Å². The van der Waals surface area contributed by atoms with E-state index < -0.39 is 0 Å². The van der Waals surface area contributed by atoms with Crippen molar-refractivity contribution in [2.24, 2.45) is 0 Å². The van der Waals surface area contributed by atoms with E-state index >= 15 is 0 Å². The predicted octanol–water partition coefficient (Wildman–Crippen LogP) is 2.21. The zero-order valence-corrected chi connectivity index (χ0v) is 9.96. The number of para-hydroxylation sites is 1. The largest absolute Gasteiger partial charge is 0.321 e. The third kappa shape index (κ3) is 2.13. The first-order chi connectivity index (χ1) is 7.86. The SMILES string of the molecule is CCNCN1/C(=C/C=O)Sc2ccccc21. The van der Waals surface area contributed by atoms with Crippen molar-refractivity contribution in [1.29, 1.82) is 0 Å². The summed E-state index contributed by atoms with van der Waals surface area (Å²) < 4.78 is 0. The lowest BCUT2D eigenvalue weighted by molar-refractivity contribution is -0.104. The molecule has 0 saturated heterocycles. The molecule has 0 unspecified atom stereocenters. The van der Waals surface area contributed by atoms with Crippen LogP contribution in [0.1, 0.15) is 6.92 Å². The molecule has 4 heteroatoms. The minimum absolute atomic E-state index is 0.736. The molecule has 0 saturated carbocycles. The zero-order valence-electron chi connectivity index (χ0n) is 9.14. The molecule has 0 aromatic heterocycles. The van der Waals surface area contributed by atoms with Crippen LogP contribution in [-0.2, 0) is 4.79 Å². The highest BCUT2D eigenvalue weighted by molar-refractivity contribution is 8.03. The molecule has 1 aliphatic rings. The number of allylic oxidation sites excluding steroid dienone is 1. The van der Waals surface area contributed by atoms with Crippen LogP contribution in [0, 0.1) is 0 Å². The van der Waals surface area contributed by atoms with Crippen LogP contribution in [0.4, 0.5) is 5.69 Å². The normalized spacial score (nSPS) is 16.6. The third-order valence-corrected chi connectivity index (χ3v) is 3.50. The number of nitrogens with zero attached hydrogens (tertiary/aromatic N) is 1. The Kier molecular flexibility index (Phi) is 3.64. The maximum absolute atomic E-state index is 10.6. The fraction of sp³-hybridized carbons (Fsp3) is 0.250. The van der Waals surface area contributed by atoms with Crippen LogP contribution in [-0.4, -0.2) is 19.5 Å². The Morgan fingerprint density at radius 1 is 1.44 bits per heavy atom. The molecule has 0 aliphatic carbocycles. The van der Waals surface area contributed by atoms with Gasteiger partial charge in [0, 0.05) is 11.0 Å². The third-order valence-electron chi connectivity index (χ3n) is 2.37. The maximum atomic E-state index is 10.6. The molecule has 0 spiro atoms. The van der Waals surface area contributed by atoms with Gasteiger partial charge in [-0.3, -0.25) is 10.1 Å². The minimum atomic E-state index is 0.736. The summed E-state index contributed by atoms with van der Waals surface area (Å²) >= 11 is 1.64. The van der Waals surface area contributed by atoms with Crippen LogP contribution in [0.3, 0.4) is 0 Å². The molecule has 0 fully saturated rings. The van der Waals surface area contributed by atoms with E-state index in [1.807, 2.05) is 12.1 Å². The number of carbonyl (C=O) groups excluding carboxylic acids is 1. The van der Waals surface area contributed by atoms with Gasteiger partial charge in [0.1, 0.15) is 6.29 Å². The molecule has 84 valence electrons. The van der Waals surface area contributed by atoms with Crippen LogP contribution in [0.15, 0.2) is 40.3 Å². The zero-order chi connectivity index (χ0) is 11.4. The Hall–Kier alpha value is -1.26. The van der Waals surface area contributed by atoms with Gasteiger partial charge in [0.15, 0.2) is 0 Å². The van der Waals surface area contributed by atoms with E-state index in [-0.39, 0.29) is 0 Å². The second kappa shape index (κ2) is 5.18. The molecule has 1 N–H and O–H groups in total. The fourth-order valence-corrected chi connectivity index (χ4v) is 2.67. The van der Waals surface area contributed by atoms with Gasteiger partial charge in [0.2, 0.25) is 0 Å². The van der Waals surface area contributed by atoms with Crippen LogP contribution >= 0.6 is 11.8 Å². The van der Waals surface area contributed by atoms with Crippen LogP contribution in [0.2, 0.25) is 0 Å². The Balaban J connectivity index is 2.28. The van der Waals surface area contributed by atoms with E-state index in [0.29, 0.717) is 0 Å². The van der Waals surface area contributed by atoms with Crippen molar-refractivity contribution < 1.29 is 4.79 Å². The van der Waals surface area contributed by atoms with Gasteiger partial charge in [-0.2, -0.15) is 0 Å². The Morgan fingerprint density at radius 3 is 3.00 bits per heavy atom. The highest BCUT2D eigenvalue weighted by Crippen LogP contribution is 2.44. The van der Waals surface area contributed by atoms with Crippen molar-refractivity contribution in [2.75, 3.05) is 18.1 Å². The van der Waals surface area contributed by atoms with E-state index in [1.54, 1.807) is 17.8 Å². The van der Waals surface area contributed by atoms with Gasteiger partial charge in [-0.15, -0.1) is 0 Å². The molecular formula is C12H14N2OS. The van der Waals surface area contributed by atoms with Crippen molar-refractivity contribution in [3.05, 3.63) is 35.4 Å². The van der Waals surface area contributed by atoms with Gasteiger partial charge in [0.05, 0.1) is 17.4 Å². The van der Waals surface area contributed by atoms with Gasteiger partial charge in [-0.25, -0.2) is 0 Å². The van der Waals surface area contributed by atoms with Crippen molar-refractivity contribution in [2.45, 2.75) is 11.8 Å². The van der Waals surface area contributed by atoms with E-state index in [0.717, 1.165) is 24.5 Å². The molecule has 1 heterocycles. The average Bonchev–Trinajstić information content (AvgIpc) is 2.65. The summed E-state index contributed by atoms with van der Waals surface area (Å²) in [6.07, 6.45) is 2.45. The molecule has 2 rings (SSSR count). The highest BCUT2D eigenvalue weighted by atomic mass is 32.2. The summed E-state index contributed by atoms with van der Waals surface area (Å²) in [7, 11) is 0. The van der Waals surface area contributed by atoms with Crippen molar-refractivity contribution in [3.8, 4) is 0 Å². The van der Waals surface area contributed by atoms with Gasteiger partial charge < -0.3 is 4.90 Å². The lowest BCUT2D eigenvalue weighted by Crippen LogP contribution is -2.31. The number of anilines is 1. The van der Waals surface area contributed by atoms with Crippen LogP contribution < -0.4 is 10.2 Å². The summed E-state index contributed by atoms with van der Waals surface area (Å²) in [5, 5.41) is 4.26. The fourth-order valence-electron chi connectivity index (χ4n) is 1.62. The molecule has 0 radical (unpaired) electrons. The summed E-state index contributed by atoms with van der Waals surface area (Å²) in [4.78, 5) is 13.9. The number of hydrogen-bond acceptors (Lipinski definition) is 4. The molecule has 3 nitrogen and oxygen atoms in total. The van der Waals surface area contributed by atoms with E-state index in [1.165, 1.54) is 10.6 Å². The number of carbonyl (C=O) groups is 1. The van der Waals surface area contributed by atoms with Crippen LogP contribution in [0.5, 0.6) is 0 Å². The Morgan fingerprint density at radius 2 is 2.25 bits per heavy atom. The van der Waals surface area contributed by atoms with Crippen molar-refractivity contribution in [3.63, 3.8) is 0 Å². The van der Waals surface area contributed by atoms with Crippen molar-refractivity contribution >= 4 is 23.7 Å².